The predicted octanol–water partition coefficient (Wildman–Crippen LogP) is 13.1. The molecule has 0 aromatic heterocycles. The average Bonchev–Trinajstić information content (AvgIpc) is 3.15. The average molecular weight is 817 g/mol. The van der Waals surface area contributed by atoms with Crippen molar-refractivity contribution in [3.63, 3.8) is 0 Å². The third kappa shape index (κ3) is 41.7. The number of amides is 1. The van der Waals surface area contributed by atoms with E-state index in [4.69, 9.17) is 9.05 Å². The molecular formula is C47H97N2O6P. The number of quaternary nitrogens is 1. The van der Waals surface area contributed by atoms with Gasteiger partial charge in [-0.3, -0.25) is 9.36 Å². The maximum atomic E-state index is 12.7. The molecule has 0 aliphatic rings. The third-order valence-electron chi connectivity index (χ3n) is 11.3. The van der Waals surface area contributed by atoms with E-state index in [-0.39, 0.29) is 19.1 Å². The molecule has 0 aromatic rings. The lowest BCUT2D eigenvalue weighted by Gasteiger charge is -2.30. The first kappa shape index (κ1) is 55.5. The summed E-state index contributed by atoms with van der Waals surface area (Å²) in [6, 6.07) is -0.790. The van der Waals surface area contributed by atoms with Gasteiger partial charge in [-0.2, -0.15) is 0 Å². The van der Waals surface area contributed by atoms with Crippen molar-refractivity contribution in [2.75, 3.05) is 40.9 Å². The lowest BCUT2D eigenvalue weighted by Crippen LogP contribution is -2.46. The van der Waals surface area contributed by atoms with E-state index in [1.54, 1.807) is 0 Å². The summed E-state index contributed by atoms with van der Waals surface area (Å²) in [7, 11) is 1.31. The van der Waals surface area contributed by atoms with Crippen LogP contribution in [0.5, 0.6) is 0 Å². The number of likely N-dealkylation sites (N-methyl/N-ethyl adjacent to an activating group) is 1. The molecule has 0 fully saturated rings. The van der Waals surface area contributed by atoms with Crippen LogP contribution in [0.15, 0.2) is 0 Å². The number of nitrogens with zero attached hydrogens (tertiary/aromatic N) is 1. The number of carbonyl (C=O) groups is 1. The number of aliphatic hydroxyl groups excluding tert-OH is 1. The maximum absolute atomic E-state index is 12.7. The molecule has 2 N–H and O–H groups in total. The first-order valence-corrected chi connectivity index (χ1v) is 25.8. The number of nitrogens with one attached hydrogen (secondary N) is 1. The molecular weight excluding hydrogens is 719 g/mol. The number of phosphoric ester groups is 1. The summed E-state index contributed by atoms with van der Waals surface area (Å²) < 4.78 is 23.0. The van der Waals surface area contributed by atoms with Crippen LogP contribution >= 0.6 is 7.82 Å². The van der Waals surface area contributed by atoms with Crippen LogP contribution in [0.2, 0.25) is 0 Å². The summed E-state index contributed by atoms with van der Waals surface area (Å²) in [6.07, 6.45) is 45.2. The van der Waals surface area contributed by atoms with Gasteiger partial charge in [0.05, 0.1) is 39.9 Å². The van der Waals surface area contributed by atoms with Gasteiger partial charge < -0.3 is 28.8 Å². The third-order valence-corrected chi connectivity index (χ3v) is 12.3. The van der Waals surface area contributed by atoms with Crippen molar-refractivity contribution >= 4 is 13.7 Å². The number of rotatable bonds is 45. The van der Waals surface area contributed by atoms with E-state index in [1.807, 2.05) is 21.1 Å². The zero-order valence-corrected chi connectivity index (χ0v) is 39.0. The molecule has 1 amide bonds. The molecule has 3 atom stereocenters. The van der Waals surface area contributed by atoms with Crippen LogP contribution in [-0.2, 0) is 18.4 Å². The number of unbranched alkanes of at least 4 members (excludes halogenated alkanes) is 32. The van der Waals surface area contributed by atoms with E-state index in [1.165, 1.54) is 180 Å². The van der Waals surface area contributed by atoms with E-state index in [9.17, 15) is 19.4 Å². The smallest absolute Gasteiger partial charge is 0.268 e. The van der Waals surface area contributed by atoms with Gasteiger partial charge >= 0.3 is 0 Å². The van der Waals surface area contributed by atoms with Crippen molar-refractivity contribution in [3.8, 4) is 0 Å². The Morgan fingerprint density at radius 1 is 0.554 bits per heavy atom. The minimum absolute atomic E-state index is 0.0139. The second-order valence-electron chi connectivity index (χ2n) is 18.2. The number of hydrogen-bond acceptors (Lipinski definition) is 6. The second kappa shape index (κ2) is 39.9. The molecule has 8 nitrogen and oxygen atoms in total. The van der Waals surface area contributed by atoms with Gasteiger partial charge in [0, 0.05) is 6.42 Å². The molecule has 0 bridgehead atoms. The van der Waals surface area contributed by atoms with Gasteiger partial charge in [0.2, 0.25) is 5.91 Å². The monoisotopic (exact) mass is 817 g/mol. The summed E-state index contributed by atoms with van der Waals surface area (Å²) in [6.45, 7) is 4.57. The quantitative estimate of drug-likeness (QED) is 0.0360. The molecule has 0 saturated carbocycles. The van der Waals surface area contributed by atoms with Gasteiger partial charge in [-0.15, -0.1) is 0 Å². The molecule has 0 heterocycles. The highest BCUT2D eigenvalue weighted by molar-refractivity contribution is 7.45. The number of phosphoric acid groups is 1. The van der Waals surface area contributed by atoms with E-state index in [0.29, 0.717) is 23.9 Å². The number of carbonyl (C=O) groups excluding carboxylic acids is 1. The molecule has 0 rings (SSSR count). The lowest BCUT2D eigenvalue weighted by molar-refractivity contribution is -0.870. The molecule has 3 unspecified atom stereocenters. The highest BCUT2D eigenvalue weighted by Crippen LogP contribution is 2.38. The molecule has 0 aromatic carbocycles. The van der Waals surface area contributed by atoms with Gasteiger partial charge in [-0.05, 0) is 12.8 Å². The summed E-state index contributed by atoms with van der Waals surface area (Å²) in [5.74, 6) is -0.171. The normalized spacial score (nSPS) is 14.2. The highest BCUT2D eigenvalue weighted by Gasteiger charge is 2.24. The molecule has 9 heteroatoms. The zero-order valence-electron chi connectivity index (χ0n) is 38.1. The molecule has 0 spiro atoms. The van der Waals surface area contributed by atoms with E-state index < -0.39 is 20.0 Å². The summed E-state index contributed by atoms with van der Waals surface area (Å²) in [5.41, 5.74) is 0. The molecule has 336 valence electrons. The summed E-state index contributed by atoms with van der Waals surface area (Å²) in [5, 5.41) is 13.6. The number of hydrogen-bond donors (Lipinski definition) is 2. The van der Waals surface area contributed by atoms with Gasteiger partial charge in [0.25, 0.3) is 7.82 Å². The topological polar surface area (TPSA) is 108 Å². The van der Waals surface area contributed by atoms with E-state index in [0.717, 1.165) is 38.5 Å². The van der Waals surface area contributed by atoms with Crippen LogP contribution in [0.4, 0.5) is 0 Å². The largest absolute Gasteiger partial charge is 0.756 e. The van der Waals surface area contributed by atoms with Crippen molar-refractivity contribution in [3.05, 3.63) is 0 Å². The summed E-state index contributed by atoms with van der Waals surface area (Å²) in [4.78, 5) is 25.0. The Kier molecular flexibility index (Phi) is 39.6. The molecule has 0 aliphatic heterocycles. The van der Waals surface area contributed by atoms with Gasteiger partial charge in [-0.1, -0.05) is 226 Å². The van der Waals surface area contributed by atoms with Crippen LogP contribution in [-0.4, -0.2) is 68.5 Å². The van der Waals surface area contributed by atoms with Gasteiger partial charge in [0.15, 0.2) is 0 Å². The standard InChI is InChI=1S/C47H97N2O6P/c1-6-8-10-11-12-13-14-15-16-17-18-19-20-21-22-23-24-25-26-27-28-29-30-31-32-33-34-35-36-37-39-41-47(51)48-45(46(50)40-38-9-7-2)44-55-56(52,53)54-43-42-49(3,4)5/h45-46,50H,6-44H2,1-5H3,(H-,48,51,52,53). The first-order chi connectivity index (χ1) is 27.0. The van der Waals surface area contributed by atoms with Crippen LogP contribution < -0.4 is 10.2 Å². The van der Waals surface area contributed by atoms with E-state index in [2.05, 4.69) is 19.2 Å². The Hall–Kier alpha value is -0.500. The van der Waals surface area contributed by atoms with Crippen LogP contribution in [0.3, 0.4) is 0 Å². The fraction of sp³-hybridized carbons (Fsp3) is 0.979. The Morgan fingerprint density at radius 2 is 0.875 bits per heavy atom. The zero-order chi connectivity index (χ0) is 41.4. The molecule has 0 aliphatic carbocycles. The van der Waals surface area contributed by atoms with Crippen LogP contribution in [0.1, 0.15) is 245 Å². The Labute approximate surface area is 349 Å². The minimum atomic E-state index is -4.53. The fourth-order valence-electron chi connectivity index (χ4n) is 7.45. The minimum Gasteiger partial charge on any atom is -0.756 e. The fourth-order valence-corrected chi connectivity index (χ4v) is 8.18. The van der Waals surface area contributed by atoms with Crippen molar-refractivity contribution < 1.29 is 32.9 Å². The molecule has 0 saturated heterocycles. The molecule has 56 heavy (non-hydrogen) atoms. The first-order valence-electron chi connectivity index (χ1n) is 24.4. The van der Waals surface area contributed by atoms with Crippen molar-refractivity contribution in [1.82, 2.24) is 5.32 Å². The van der Waals surface area contributed by atoms with Crippen molar-refractivity contribution in [1.29, 1.82) is 0 Å². The van der Waals surface area contributed by atoms with Crippen molar-refractivity contribution in [2.24, 2.45) is 0 Å². The Bertz CT molecular complexity index is 885. The van der Waals surface area contributed by atoms with Gasteiger partial charge in [-0.25, -0.2) is 0 Å². The van der Waals surface area contributed by atoms with Crippen LogP contribution in [0.25, 0.3) is 0 Å². The molecule has 0 radical (unpaired) electrons. The number of aliphatic hydroxyl groups is 1. The highest BCUT2D eigenvalue weighted by atomic mass is 31.2. The van der Waals surface area contributed by atoms with Crippen LogP contribution in [0, 0.1) is 0 Å². The Morgan fingerprint density at radius 3 is 1.21 bits per heavy atom. The second-order valence-corrected chi connectivity index (χ2v) is 19.6. The summed E-state index contributed by atoms with van der Waals surface area (Å²) >= 11 is 0. The SMILES string of the molecule is CCCCCCCCCCCCCCCCCCCCCCCCCCCCCCCCCC(=O)NC(COP(=O)([O-])OCC[N+](C)(C)C)C(O)CCCCC. The predicted molar refractivity (Wildman–Crippen MR) is 238 cm³/mol. The maximum Gasteiger partial charge on any atom is 0.268 e. The van der Waals surface area contributed by atoms with Gasteiger partial charge in [0.1, 0.15) is 13.2 Å². The lowest BCUT2D eigenvalue weighted by atomic mass is 10.0. The van der Waals surface area contributed by atoms with Crippen molar-refractivity contribution in [2.45, 2.75) is 257 Å². The van der Waals surface area contributed by atoms with E-state index >= 15 is 0 Å². The Balaban J connectivity index is 3.67.